The van der Waals surface area contributed by atoms with E-state index in [0.717, 1.165) is 16.2 Å². The van der Waals surface area contributed by atoms with Crippen LogP contribution >= 0.6 is 11.3 Å². The number of likely N-dealkylation sites (tertiary alicyclic amines) is 1. The zero-order valence-electron chi connectivity index (χ0n) is 22.1. The molecule has 1 saturated heterocycles. The van der Waals surface area contributed by atoms with Crippen LogP contribution in [0.25, 0.3) is 16.2 Å². The molecule has 2 fully saturated rings. The zero-order valence-corrected chi connectivity index (χ0v) is 22.9. The minimum Gasteiger partial charge on any atom is -0.465 e. The largest absolute Gasteiger partial charge is 0.465 e. The Kier molecular flexibility index (Phi) is 6.59. The Morgan fingerprint density at radius 3 is 2.49 bits per heavy atom. The second kappa shape index (κ2) is 9.59. The molecule has 0 spiro atoms. The van der Waals surface area contributed by atoms with E-state index in [-0.39, 0.29) is 11.9 Å². The van der Waals surface area contributed by atoms with Crippen molar-refractivity contribution in [3.8, 4) is 11.4 Å². The third-order valence-corrected chi connectivity index (χ3v) is 8.51. The van der Waals surface area contributed by atoms with Gasteiger partial charge in [-0.1, -0.05) is 0 Å². The van der Waals surface area contributed by atoms with Crippen molar-refractivity contribution >= 4 is 34.0 Å². The van der Waals surface area contributed by atoms with Crippen LogP contribution < -0.4 is 4.90 Å². The lowest BCUT2D eigenvalue weighted by Gasteiger charge is -2.43. The number of nitrogens with zero attached hydrogens (tertiary/aromatic N) is 7. The molecule has 1 N–H and O–H groups in total. The summed E-state index contributed by atoms with van der Waals surface area (Å²) in [7, 11) is 2.03. The van der Waals surface area contributed by atoms with E-state index in [9.17, 15) is 14.7 Å². The minimum absolute atomic E-state index is 0.122. The van der Waals surface area contributed by atoms with Crippen LogP contribution in [0.5, 0.6) is 0 Å². The van der Waals surface area contributed by atoms with Crippen molar-refractivity contribution in [1.29, 1.82) is 0 Å². The van der Waals surface area contributed by atoms with Gasteiger partial charge in [0.05, 0.1) is 11.8 Å². The van der Waals surface area contributed by atoms with Crippen molar-refractivity contribution in [2.45, 2.75) is 71.0 Å². The monoisotopic (exact) mass is 525 g/mol. The van der Waals surface area contributed by atoms with Gasteiger partial charge in [0.15, 0.2) is 5.82 Å². The lowest BCUT2D eigenvalue weighted by atomic mass is 9.96. The van der Waals surface area contributed by atoms with Gasteiger partial charge in [-0.25, -0.2) is 19.3 Å². The number of hydrogen-bond acceptors (Lipinski definition) is 7. The van der Waals surface area contributed by atoms with Crippen molar-refractivity contribution in [1.82, 2.24) is 29.4 Å². The first-order valence-electron chi connectivity index (χ1n) is 12.9. The minimum atomic E-state index is -0.920. The number of amides is 2. The molecule has 4 heterocycles. The normalized spacial score (nSPS) is 17.7. The molecule has 5 rings (SSSR count). The summed E-state index contributed by atoms with van der Waals surface area (Å²) in [5.74, 6) is 1.71. The Morgan fingerprint density at radius 1 is 1.16 bits per heavy atom. The third-order valence-electron chi connectivity index (χ3n) is 7.63. The summed E-state index contributed by atoms with van der Waals surface area (Å²) >= 11 is 1.56. The van der Waals surface area contributed by atoms with Crippen LogP contribution in [0.15, 0.2) is 23.8 Å². The molecule has 37 heavy (non-hydrogen) atoms. The molecule has 3 aromatic rings. The molecule has 0 unspecified atom stereocenters. The summed E-state index contributed by atoms with van der Waals surface area (Å²) in [6.45, 7) is 8.88. The van der Waals surface area contributed by atoms with Crippen LogP contribution in [0, 0.1) is 5.92 Å². The molecule has 1 aliphatic heterocycles. The van der Waals surface area contributed by atoms with Crippen LogP contribution in [0.4, 0.5) is 10.6 Å². The van der Waals surface area contributed by atoms with Gasteiger partial charge in [-0.2, -0.15) is 5.10 Å². The molecule has 1 aliphatic carbocycles. The molecule has 0 radical (unpaired) electrons. The van der Waals surface area contributed by atoms with Gasteiger partial charge in [-0.3, -0.25) is 4.79 Å². The number of anilines is 1. The molecule has 1 saturated carbocycles. The quantitative estimate of drug-likeness (QED) is 0.506. The average Bonchev–Trinajstić information content (AvgIpc) is 3.47. The molecule has 11 heteroatoms. The number of hydrogen-bond donors (Lipinski definition) is 1. The summed E-state index contributed by atoms with van der Waals surface area (Å²) in [5.41, 5.74) is 0.662. The molecule has 1 atom stereocenters. The standard InChI is InChI=1S/C26H35N7O3S/c1-16(17-6-7-17)30(5)21-14-20(28-22(29-21)19-15-27-32-12-13-37-24(19)32)23(34)31-10-8-18(9-11-31)33(25(35)36)26(2,3)4/h12-18H,6-11H2,1-5H3,(H,35,36)/t16-/m0/s1. The fourth-order valence-corrected chi connectivity index (χ4v) is 6.10. The summed E-state index contributed by atoms with van der Waals surface area (Å²) in [5, 5.41) is 16.2. The Morgan fingerprint density at radius 2 is 1.86 bits per heavy atom. The van der Waals surface area contributed by atoms with Crippen molar-refractivity contribution in [2.24, 2.45) is 5.92 Å². The topological polar surface area (TPSA) is 107 Å². The summed E-state index contributed by atoms with van der Waals surface area (Å²) in [6.07, 6.45) is 6.34. The molecule has 0 bridgehead atoms. The Balaban J connectivity index is 1.42. The first kappa shape index (κ1) is 25.4. The van der Waals surface area contributed by atoms with E-state index in [0.29, 0.717) is 49.4 Å². The smallest absolute Gasteiger partial charge is 0.407 e. The van der Waals surface area contributed by atoms with E-state index in [1.54, 1.807) is 33.0 Å². The van der Waals surface area contributed by atoms with Gasteiger partial charge >= 0.3 is 6.09 Å². The number of carboxylic acid groups (broad SMARTS) is 1. The highest BCUT2D eigenvalue weighted by molar-refractivity contribution is 7.16. The summed E-state index contributed by atoms with van der Waals surface area (Å²) < 4.78 is 1.79. The number of piperidine rings is 1. The van der Waals surface area contributed by atoms with Crippen LogP contribution in [-0.2, 0) is 0 Å². The lowest BCUT2D eigenvalue weighted by Crippen LogP contribution is -2.55. The molecule has 198 valence electrons. The van der Waals surface area contributed by atoms with E-state index < -0.39 is 11.6 Å². The fraction of sp³-hybridized carbons (Fsp3) is 0.577. The van der Waals surface area contributed by atoms with Gasteiger partial charge in [0, 0.05) is 55.4 Å². The number of fused-ring (bicyclic) bond motifs is 1. The van der Waals surface area contributed by atoms with Crippen LogP contribution in [0.1, 0.15) is 63.9 Å². The Labute approximate surface area is 220 Å². The molecule has 0 aromatic carbocycles. The molecule has 2 aliphatic rings. The second-order valence-corrected chi connectivity index (χ2v) is 12.1. The number of aromatic nitrogens is 4. The molecule has 3 aromatic heterocycles. The molecular formula is C26H35N7O3S. The van der Waals surface area contributed by atoms with Gasteiger partial charge in [-0.05, 0) is 59.3 Å². The maximum Gasteiger partial charge on any atom is 0.407 e. The highest BCUT2D eigenvalue weighted by Gasteiger charge is 2.37. The first-order chi connectivity index (χ1) is 17.5. The number of thiazole rings is 1. The highest BCUT2D eigenvalue weighted by Crippen LogP contribution is 2.36. The van der Waals surface area contributed by atoms with Gasteiger partial charge < -0.3 is 19.8 Å². The lowest BCUT2D eigenvalue weighted by molar-refractivity contribution is 0.0381. The maximum atomic E-state index is 13.7. The van der Waals surface area contributed by atoms with Crippen LogP contribution in [0.2, 0.25) is 0 Å². The molecule has 10 nitrogen and oxygen atoms in total. The molecular weight excluding hydrogens is 490 g/mol. The first-order valence-corrected chi connectivity index (χ1v) is 13.8. The fourth-order valence-electron chi connectivity index (χ4n) is 5.31. The predicted octanol–water partition coefficient (Wildman–Crippen LogP) is 4.47. The van der Waals surface area contributed by atoms with Crippen molar-refractivity contribution in [3.63, 3.8) is 0 Å². The van der Waals surface area contributed by atoms with Crippen LogP contribution in [-0.4, -0.2) is 84.2 Å². The number of carbonyl (C=O) groups excluding carboxylic acids is 1. The van der Waals surface area contributed by atoms with E-state index in [2.05, 4.69) is 16.9 Å². The van der Waals surface area contributed by atoms with E-state index in [1.165, 1.54) is 17.7 Å². The Hall–Kier alpha value is -3.21. The second-order valence-electron chi connectivity index (χ2n) is 11.2. The zero-order chi connectivity index (χ0) is 26.5. The van der Waals surface area contributed by atoms with E-state index in [1.807, 2.05) is 39.4 Å². The third kappa shape index (κ3) is 5.01. The maximum absolute atomic E-state index is 13.7. The van der Waals surface area contributed by atoms with Crippen molar-refractivity contribution in [2.75, 3.05) is 25.0 Å². The summed E-state index contributed by atoms with van der Waals surface area (Å²) in [6, 6.07) is 1.99. The predicted molar refractivity (Wildman–Crippen MR) is 143 cm³/mol. The number of carbonyl (C=O) groups is 2. The Bertz CT molecular complexity index is 1300. The van der Waals surface area contributed by atoms with Gasteiger partial charge in [0.2, 0.25) is 0 Å². The average molecular weight is 526 g/mol. The number of rotatable bonds is 6. The highest BCUT2D eigenvalue weighted by atomic mass is 32.1. The van der Waals surface area contributed by atoms with E-state index >= 15 is 0 Å². The van der Waals surface area contributed by atoms with E-state index in [4.69, 9.17) is 9.97 Å². The molecule has 2 amide bonds. The van der Waals surface area contributed by atoms with Gasteiger partial charge in [-0.15, -0.1) is 11.3 Å². The SMILES string of the molecule is C[C@@H](C1CC1)N(C)c1cc(C(=O)N2CCC(N(C(=O)O)C(C)(C)C)CC2)nc(-c2cnn3ccsc23)n1. The summed E-state index contributed by atoms with van der Waals surface area (Å²) in [4.78, 5) is 41.6. The van der Waals surface area contributed by atoms with Crippen molar-refractivity contribution in [3.05, 3.63) is 29.5 Å². The van der Waals surface area contributed by atoms with Crippen LogP contribution in [0.3, 0.4) is 0 Å². The van der Waals surface area contributed by atoms with Gasteiger partial charge in [0.25, 0.3) is 5.91 Å². The van der Waals surface area contributed by atoms with Crippen molar-refractivity contribution < 1.29 is 14.7 Å². The van der Waals surface area contributed by atoms with Gasteiger partial charge in [0.1, 0.15) is 16.3 Å².